The molecule has 1 N–H and O–H groups in total. The number of hydrogen-bond donors (Lipinski definition) is 1. The minimum Gasteiger partial charge on any atom is -0.268 e. The average Bonchev–Trinajstić information content (AvgIpc) is 2.81. The van der Waals surface area contributed by atoms with Crippen LogP contribution in [0.3, 0.4) is 0 Å². The Morgan fingerprint density at radius 3 is 2.78 bits per heavy atom. The molecule has 1 aromatic heterocycles. The molecule has 18 heavy (non-hydrogen) atoms. The molecule has 0 spiro atoms. The van der Waals surface area contributed by atoms with Gasteiger partial charge < -0.3 is 0 Å². The zero-order valence-electron chi connectivity index (χ0n) is 8.66. The van der Waals surface area contributed by atoms with Crippen molar-refractivity contribution in [3.05, 3.63) is 35.0 Å². The summed E-state index contributed by atoms with van der Waals surface area (Å²) in [4.78, 5) is -0.0279. The highest BCUT2D eigenvalue weighted by atomic mass is 35.5. The highest BCUT2D eigenvalue weighted by Gasteiger charge is 2.16. The molecule has 2 rings (SSSR count). The summed E-state index contributed by atoms with van der Waals surface area (Å²) in [6, 6.07) is 5.73. The van der Waals surface area contributed by atoms with Gasteiger partial charge in [-0.3, -0.25) is 4.72 Å². The number of halogens is 1. The summed E-state index contributed by atoms with van der Waals surface area (Å²) in [5, 5.41) is 12.6. The Kier molecular flexibility index (Phi) is 3.47. The van der Waals surface area contributed by atoms with Gasteiger partial charge in [-0.05, 0) is 18.2 Å². The van der Waals surface area contributed by atoms with Gasteiger partial charge in [0.05, 0.1) is 21.7 Å². The largest absolute Gasteiger partial charge is 0.268 e. The molecule has 0 amide bonds. The molecule has 0 aliphatic heterocycles. The molecular weight excluding hydrogens is 296 g/mol. The maximum Gasteiger partial charge on any atom is 0.262 e. The van der Waals surface area contributed by atoms with Crippen molar-refractivity contribution in [3.8, 4) is 6.07 Å². The van der Waals surface area contributed by atoms with Crippen LogP contribution in [0, 0.1) is 11.3 Å². The predicted octanol–water partition coefficient (Wildman–Crippen LogP) is 1.86. The van der Waals surface area contributed by atoms with E-state index in [1.165, 1.54) is 24.4 Å². The van der Waals surface area contributed by atoms with Crippen LogP contribution in [0.5, 0.6) is 0 Å². The van der Waals surface area contributed by atoms with E-state index in [2.05, 4.69) is 14.3 Å². The van der Waals surface area contributed by atoms with E-state index in [0.29, 0.717) is 5.00 Å². The lowest BCUT2D eigenvalue weighted by Crippen LogP contribution is -2.12. The highest BCUT2D eigenvalue weighted by molar-refractivity contribution is 7.93. The number of nitrogens with one attached hydrogen (secondary N) is 1. The number of sulfonamides is 1. The Hall–Kier alpha value is -1.69. The number of benzene rings is 1. The van der Waals surface area contributed by atoms with E-state index >= 15 is 0 Å². The van der Waals surface area contributed by atoms with Crippen molar-refractivity contribution in [2.24, 2.45) is 0 Å². The molecule has 0 bridgehead atoms. The van der Waals surface area contributed by atoms with Crippen molar-refractivity contribution in [1.82, 2.24) is 9.59 Å². The van der Waals surface area contributed by atoms with Crippen LogP contribution < -0.4 is 4.72 Å². The van der Waals surface area contributed by atoms with Gasteiger partial charge in [0.25, 0.3) is 10.0 Å². The summed E-state index contributed by atoms with van der Waals surface area (Å²) in [7, 11) is -3.74. The van der Waals surface area contributed by atoms with Gasteiger partial charge in [-0.25, -0.2) is 8.42 Å². The van der Waals surface area contributed by atoms with E-state index in [4.69, 9.17) is 16.9 Å². The lowest BCUT2D eigenvalue weighted by molar-refractivity contribution is 0.601. The fraction of sp³-hybridized carbons (Fsp3) is 0. The second-order valence-corrected chi connectivity index (χ2v) is 6.02. The van der Waals surface area contributed by atoms with E-state index in [-0.39, 0.29) is 15.5 Å². The van der Waals surface area contributed by atoms with E-state index in [1.807, 2.05) is 6.07 Å². The minimum atomic E-state index is -3.74. The van der Waals surface area contributed by atoms with Crippen LogP contribution in [-0.2, 0) is 10.0 Å². The first kappa shape index (κ1) is 12.8. The average molecular weight is 301 g/mol. The second-order valence-electron chi connectivity index (χ2n) is 3.14. The van der Waals surface area contributed by atoms with Crippen LogP contribution in [0.1, 0.15) is 5.56 Å². The first-order valence-corrected chi connectivity index (χ1v) is 7.16. The molecule has 0 unspecified atom stereocenters. The molecule has 0 fully saturated rings. The Morgan fingerprint density at radius 1 is 1.44 bits per heavy atom. The number of rotatable bonds is 3. The van der Waals surface area contributed by atoms with Gasteiger partial charge in [-0.2, -0.15) is 5.26 Å². The zero-order chi connectivity index (χ0) is 13.2. The number of nitriles is 1. The molecule has 0 atom stereocenters. The van der Waals surface area contributed by atoms with Gasteiger partial charge in [0.15, 0.2) is 0 Å². The Labute approximate surface area is 112 Å². The molecule has 1 heterocycles. The summed E-state index contributed by atoms with van der Waals surface area (Å²) in [5.41, 5.74) is 0.218. The standard InChI is InChI=1S/C9H5ClN4O2S2/c10-8-3-7(2-1-6(8)4-11)18(15,16)13-9-5-12-14-17-9/h1-3,5,13H. The summed E-state index contributed by atoms with van der Waals surface area (Å²) < 4.78 is 29.7. The van der Waals surface area contributed by atoms with Crippen LogP contribution in [0.15, 0.2) is 29.3 Å². The normalized spacial score (nSPS) is 10.9. The number of anilines is 1. The quantitative estimate of drug-likeness (QED) is 0.933. The third-order valence-corrected chi connectivity index (χ3v) is 4.35. The Morgan fingerprint density at radius 2 is 2.22 bits per heavy atom. The molecule has 1 aromatic carbocycles. The maximum absolute atomic E-state index is 11.9. The number of aromatic nitrogens is 2. The van der Waals surface area contributed by atoms with Crippen LogP contribution in [0.25, 0.3) is 0 Å². The fourth-order valence-electron chi connectivity index (χ4n) is 1.16. The van der Waals surface area contributed by atoms with Crippen molar-refractivity contribution >= 4 is 38.2 Å². The van der Waals surface area contributed by atoms with Crippen molar-refractivity contribution in [2.75, 3.05) is 4.72 Å². The van der Waals surface area contributed by atoms with Crippen LogP contribution in [0.2, 0.25) is 5.02 Å². The third kappa shape index (κ3) is 2.59. The highest BCUT2D eigenvalue weighted by Crippen LogP contribution is 2.22. The van der Waals surface area contributed by atoms with Gasteiger partial charge in [0.1, 0.15) is 11.1 Å². The van der Waals surface area contributed by atoms with Gasteiger partial charge in [-0.1, -0.05) is 16.1 Å². The monoisotopic (exact) mass is 300 g/mol. The molecule has 6 nitrogen and oxygen atoms in total. The third-order valence-electron chi connectivity index (χ3n) is 1.97. The molecule has 92 valence electrons. The summed E-state index contributed by atoms with van der Waals surface area (Å²) in [5.74, 6) is 0. The van der Waals surface area contributed by atoms with E-state index in [1.54, 1.807) is 0 Å². The van der Waals surface area contributed by atoms with Crippen LogP contribution in [-0.4, -0.2) is 18.0 Å². The SMILES string of the molecule is N#Cc1ccc(S(=O)(=O)Nc2cnns2)cc1Cl. The summed E-state index contributed by atoms with van der Waals surface area (Å²) >= 11 is 6.70. The first-order valence-electron chi connectivity index (χ1n) is 4.53. The molecule has 9 heteroatoms. The van der Waals surface area contributed by atoms with E-state index < -0.39 is 10.0 Å². The van der Waals surface area contributed by atoms with Gasteiger partial charge in [0.2, 0.25) is 0 Å². The van der Waals surface area contributed by atoms with E-state index in [9.17, 15) is 8.42 Å². The predicted molar refractivity (Wildman–Crippen MR) is 66.9 cm³/mol. The van der Waals surface area contributed by atoms with Crippen molar-refractivity contribution in [1.29, 1.82) is 5.26 Å². The van der Waals surface area contributed by atoms with Crippen molar-refractivity contribution < 1.29 is 8.42 Å². The topological polar surface area (TPSA) is 95.7 Å². The number of nitrogens with zero attached hydrogens (tertiary/aromatic N) is 3. The summed E-state index contributed by atoms with van der Waals surface area (Å²) in [6.07, 6.45) is 1.30. The molecule has 0 radical (unpaired) electrons. The van der Waals surface area contributed by atoms with Crippen LogP contribution in [0.4, 0.5) is 5.00 Å². The first-order chi connectivity index (χ1) is 8.53. The molecule has 0 aliphatic carbocycles. The van der Waals surface area contributed by atoms with Gasteiger partial charge in [0, 0.05) is 11.5 Å². The maximum atomic E-state index is 11.9. The Balaban J connectivity index is 2.36. The smallest absolute Gasteiger partial charge is 0.262 e. The van der Waals surface area contributed by atoms with Crippen molar-refractivity contribution in [2.45, 2.75) is 4.90 Å². The Bertz CT molecular complexity index is 707. The number of hydrogen-bond acceptors (Lipinski definition) is 6. The minimum absolute atomic E-state index is 0.0279. The molecule has 0 saturated carbocycles. The summed E-state index contributed by atoms with van der Waals surface area (Å²) in [6.45, 7) is 0. The lowest BCUT2D eigenvalue weighted by Gasteiger charge is -2.05. The molecule has 0 aliphatic rings. The molecule has 0 saturated heterocycles. The van der Waals surface area contributed by atoms with Gasteiger partial charge in [-0.15, -0.1) is 5.10 Å². The molecular formula is C9H5ClN4O2S2. The van der Waals surface area contributed by atoms with Crippen LogP contribution >= 0.6 is 23.1 Å². The van der Waals surface area contributed by atoms with Crippen molar-refractivity contribution in [3.63, 3.8) is 0 Å². The van der Waals surface area contributed by atoms with E-state index in [0.717, 1.165) is 11.5 Å². The zero-order valence-corrected chi connectivity index (χ0v) is 11.1. The van der Waals surface area contributed by atoms with Gasteiger partial charge >= 0.3 is 0 Å². The fourth-order valence-corrected chi connectivity index (χ4v) is 3.15. The molecule has 2 aromatic rings. The lowest BCUT2D eigenvalue weighted by atomic mass is 10.2. The second kappa shape index (κ2) is 4.89.